The van der Waals surface area contributed by atoms with Crippen LogP contribution in [0.2, 0.25) is 0 Å². The number of aryl methyl sites for hydroxylation is 1. The lowest BCUT2D eigenvalue weighted by atomic mass is 9.98. The zero-order chi connectivity index (χ0) is 13.9. The highest BCUT2D eigenvalue weighted by Gasteiger charge is 2.08. The molecule has 3 aromatic carbocycles. The molecule has 0 spiro atoms. The summed E-state index contributed by atoms with van der Waals surface area (Å²) in [6.45, 7) is 2.11. The van der Waals surface area contributed by atoms with Gasteiger partial charge in [0.15, 0.2) is 0 Å². The third-order valence-electron chi connectivity index (χ3n) is 3.45. The molecule has 0 bridgehead atoms. The van der Waals surface area contributed by atoms with Crippen molar-refractivity contribution in [3.8, 4) is 22.3 Å². The molecule has 98 valence electrons. The average molecular weight is 276 g/mol. The van der Waals surface area contributed by atoms with Gasteiger partial charge in [0.05, 0.1) is 0 Å². The number of hydrogen-bond acceptors (Lipinski definition) is 1. The molecule has 0 heterocycles. The second kappa shape index (κ2) is 5.56. The van der Waals surface area contributed by atoms with E-state index in [1.807, 2.05) is 6.07 Å². The molecule has 0 N–H and O–H groups in total. The van der Waals surface area contributed by atoms with E-state index < -0.39 is 0 Å². The number of thiol groups is 1. The normalized spacial score (nSPS) is 10.5. The first-order valence-corrected chi connectivity index (χ1v) is 7.15. The van der Waals surface area contributed by atoms with Crippen molar-refractivity contribution in [1.29, 1.82) is 0 Å². The molecule has 0 amide bonds. The molecule has 0 aromatic heterocycles. The Bertz CT molecular complexity index is 730. The van der Waals surface area contributed by atoms with Crippen LogP contribution in [0.3, 0.4) is 0 Å². The van der Waals surface area contributed by atoms with E-state index in [2.05, 4.69) is 73.7 Å². The van der Waals surface area contributed by atoms with E-state index in [1.165, 1.54) is 27.8 Å². The van der Waals surface area contributed by atoms with Crippen LogP contribution >= 0.6 is 12.6 Å². The van der Waals surface area contributed by atoms with Crippen molar-refractivity contribution < 1.29 is 0 Å². The minimum atomic E-state index is 1.03. The zero-order valence-electron chi connectivity index (χ0n) is 11.4. The van der Waals surface area contributed by atoms with Crippen molar-refractivity contribution in [3.05, 3.63) is 78.4 Å². The van der Waals surface area contributed by atoms with Gasteiger partial charge in [-0.15, -0.1) is 12.6 Å². The van der Waals surface area contributed by atoms with E-state index in [-0.39, 0.29) is 0 Å². The predicted molar refractivity (Wildman–Crippen MR) is 89.3 cm³/mol. The summed E-state index contributed by atoms with van der Waals surface area (Å²) in [6.07, 6.45) is 0. The van der Waals surface area contributed by atoms with Crippen LogP contribution in [0.5, 0.6) is 0 Å². The fraction of sp³-hybridized carbons (Fsp3) is 0.0526. The van der Waals surface area contributed by atoms with E-state index in [9.17, 15) is 0 Å². The summed E-state index contributed by atoms with van der Waals surface area (Å²) in [5.74, 6) is 0. The number of hydrogen-bond donors (Lipinski definition) is 1. The lowest BCUT2D eigenvalue weighted by Crippen LogP contribution is -1.86. The minimum absolute atomic E-state index is 1.03. The Labute approximate surface area is 125 Å². The zero-order valence-corrected chi connectivity index (χ0v) is 12.3. The Balaban J connectivity index is 2.15. The topological polar surface area (TPSA) is 0 Å². The molecular weight excluding hydrogens is 260 g/mol. The Morgan fingerprint density at radius 1 is 0.650 bits per heavy atom. The van der Waals surface area contributed by atoms with E-state index in [0.717, 1.165) is 4.90 Å². The summed E-state index contributed by atoms with van der Waals surface area (Å²) in [5, 5.41) is 0. The first-order chi connectivity index (χ1) is 9.75. The summed E-state index contributed by atoms with van der Waals surface area (Å²) in [6, 6.07) is 25.3. The van der Waals surface area contributed by atoms with Gasteiger partial charge in [-0.2, -0.15) is 0 Å². The fourth-order valence-corrected chi connectivity index (χ4v) is 2.85. The molecule has 0 unspecified atom stereocenters. The lowest BCUT2D eigenvalue weighted by molar-refractivity contribution is 1.41. The maximum atomic E-state index is 4.77. The number of rotatable bonds is 2. The first-order valence-electron chi connectivity index (χ1n) is 6.70. The van der Waals surface area contributed by atoms with Crippen LogP contribution in [0.1, 0.15) is 5.56 Å². The molecule has 3 aromatic rings. The third-order valence-corrected chi connectivity index (χ3v) is 3.93. The highest BCUT2D eigenvalue weighted by Crippen LogP contribution is 2.35. The Morgan fingerprint density at radius 2 is 1.25 bits per heavy atom. The summed E-state index contributed by atoms with van der Waals surface area (Å²) in [4.78, 5) is 1.03. The summed E-state index contributed by atoms with van der Waals surface area (Å²) < 4.78 is 0. The number of benzene rings is 3. The molecule has 0 fully saturated rings. The second-order valence-corrected chi connectivity index (χ2v) is 5.38. The smallest absolute Gasteiger partial charge is 0.0197 e. The van der Waals surface area contributed by atoms with Gasteiger partial charge in [0, 0.05) is 4.90 Å². The summed E-state index contributed by atoms with van der Waals surface area (Å²) in [5.41, 5.74) is 6.03. The third kappa shape index (κ3) is 2.50. The van der Waals surface area contributed by atoms with E-state index in [0.29, 0.717) is 0 Å². The maximum absolute atomic E-state index is 4.77. The highest BCUT2D eigenvalue weighted by molar-refractivity contribution is 7.80. The quantitative estimate of drug-likeness (QED) is 0.577. The summed E-state index contributed by atoms with van der Waals surface area (Å²) >= 11 is 4.77. The van der Waals surface area contributed by atoms with Crippen molar-refractivity contribution in [2.45, 2.75) is 11.8 Å². The predicted octanol–water partition coefficient (Wildman–Crippen LogP) is 5.62. The highest BCUT2D eigenvalue weighted by atomic mass is 32.1. The van der Waals surface area contributed by atoms with E-state index in [1.54, 1.807) is 0 Å². The van der Waals surface area contributed by atoms with Crippen molar-refractivity contribution in [2.24, 2.45) is 0 Å². The van der Waals surface area contributed by atoms with Crippen molar-refractivity contribution in [1.82, 2.24) is 0 Å². The lowest BCUT2D eigenvalue weighted by Gasteiger charge is -2.11. The Hall–Kier alpha value is -1.99. The van der Waals surface area contributed by atoms with Gasteiger partial charge in [-0.1, -0.05) is 78.4 Å². The molecule has 3 rings (SSSR count). The molecule has 1 heteroatoms. The first kappa shape index (κ1) is 13.0. The van der Waals surface area contributed by atoms with Gasteiger partial charge in [0.1, 0.15) is 0 Å². The largest absolute Gasteiger partial charge is 0.142 e. The average Bonchev–Trinajstić information content (AvgIpc) is 2.48. The monoisotopic (exact) mass is 276 g/mol. The van der Waals surface area contributed by atoms with Crippen molar-refractivity contribution in [3.63, 3.8) is 0 Å². The molecule has 0 aliphatic heterocycles. The van der Waals surface area contributed by atoms with Crippen LogP contribution in [0, 0.1) is 6.92 Å². The van der Waals surface area contributed by atoms with Gasteiger partial charge in [0.25, 0.3) is 0 Å². The van der Waals surface area contributed by atoms with Gasteiger partial charge in [0.2, 0.25) is 0 Å². The van der Waals surface area contributed by atoms with Gasteiger partial charge in [-0.05, 0) is 29.2 Å². The fourth-order valence-electron chi connectivity index (χ4n) is 2.44. The van der Waals surface area contributed by atoms with Crippen molar-refractivity contribution >= 4 is 12.6 Å². The van der Waals surface area contributed by atoms with Gasteiger partial charge in [-0.3, -0.25) is 0 Å². The van der Waals surface area contributed by atoms with Crippen LogP contribution in [-0.4, -0.2) is 0 Å². The van der Waals surface area contributed by atoms with Crippen molar-refractivity contribution in [2.75, 3.05) is 0 Å². The van der Waals surface area contributed by atoms with Crippen LogP contribution < -0.4 is 0 Å². The van der Waals surface area contributed by atoms with Gasteiger partial charge in [-0.25, -0.2) is 0 Å². The summed E-state index contributed by atoms with van der Waals surface area (Å²) in [7, 11) is 0. The van der Waals surface area contributed by atoms with Crippen LogP contribution in [0.15, 0.2) is 77.7 Å². The molecule has 20 heavy (non-hydrogen) atoms. The van der Waals surface area contributed by atoms with E-state index in [4.69, 9.17) is 12.6 Å². The van der Waals surface area contributed by atoms with Gasteiger partial charge < -0.3 is 0 Å². The van der Waals surface area contributed by atoms with Crippen LogP contribution in [0.25, 0.3) is 22.3 Å². The SMILES string of the molecule is Cc1cccc(-c2cccc(-c3ccccc3)c2S)c1. The molecule has 0 saturated carbocycles. The molecule has 0 radical (unpaired) electrons. The molecule has 0 aliphatic carbocycles. The Kier molecular flexibility index (Phi) is 3.62. The van der Waals surface area contributed by atoms with Crippen LogP contribution in [-0.2, 0) is 0 Å². The van der Waals surface area contributed by atoms with E-state index >= 15 is 0 Å². The Morgan fingerprint density at radius 3 is 1.95 bits per heavy atom. The maximum Gasteiger partial charge on any atom is 0.0197 e. The molecule has 0 aliphatic rings. The molecular formula is C19H16S. The minimum Gasteiger partial charge on any atom is -0.142 e. The molecule has 0 saturated heterocycles. The second-order valence-electron chi connectivity index (χ2n) is 4.94. The molecule has 0 nitrogen and oxygen atoms in total. The standard InChI is InChI=1S/C19H16S/c1-14-7-5-10-16(13-14)18-12-6-11-17(19(18)20)15-8-3-2-4-9-15/h2-13,20H,1H3. The van der Waals surface area contributed by atoms with Gasteiger partial charge >= 0.3 is 0 Å². The molecule has 0 atom stereocenters. The van der Waals surface area contributed by atoms with Crippen LogP contribution in [0.4, 0.5) is 0 Å².